The number of ether oxygens (including phenoxy) is 2. The molecule has 0 fully saturated rings. The molecule has 126 valence electrons. The van der Waals surface area contributed by atoms with Crippen molar-refractivity contribution in [2.75, 3.05) is 25.6 Å². The molecule has 2 N–H and O–H groups in total. The Balaban J connectivity index is 1.97. The number of anilines is 1. The van der Waals surface area contributed by atoms with Crippen LogP contribution in [-0.4, -0.2) is 47.3 Å². The van der Waals surface area contributed by atoms with Crippen molar-refractivity contribution in [1.29, 1.82) is 0 Å². The zero-order valence-electron chi connectivity index (χ0n) is 13.1. The second kappa shape index (κ2) is 8.59. The number of hydrogen-bond donors (Lipinski definition) is 2. The van der Waals surface area contributed by atoms with Crippen LogP contribution in [0.4, 0.5) is 5.69 Å². The topological polar surface area (TPSA) is 111 Å². The van der Waals surface area contributed by atoms with E-state index in [9.17, 15) is 9.59 Å². The number of carboxylic acid groups (broad SMARTS) is 1. The van der Waals surface area contributed by atoms with Crippen molar-refractivity contribution in [3.05, 3.63) is 48.0 Å². The lowest BCUT2D eigenvalue weighted by Crippen LogP contribution is -2.15. The van der Waals surface area contributed by atoms with Gasteiger partial charge in [-0.15, -0.1) is 0 Å². The Morgan fingerprint density at radius 3 is 2.58 bits per heavy atom. The Bertz CT molecular complexity index is 703. The number of hydrogen-bond acceptors (Lipinski definition) is 6. The van der Waals surface area contributed by atoms with E-state index in [1.54, 1.807) is 31.4 Å². The first-order valence-electron chi connectivity index (χ1n) is 7.18. The van der Waals surface area contributed by atoms with Gasteiger partial charge in [0.05, 0.1) is 19.0 Å². The van der Waals surface area contributed by atoms with Crippen LogP contribution in [0.15, 0.2) is 36.7 Å². The number of carbonyl (C=O) groups is 2. The lowest BCUT2D eigenvalue weighted by Gasteiger charge is -2.09. The standard InChI is InChI=1S/C16H17N3O5/c1-23-6-3-7-24-12-5-2-4-11(8-12)19-15(20)13-9-18-14(10-17-13)16(21)22/h2,4-5,8-10H,3,6-7H2,1H3,(H,19,20)(H,21,22). The van der Waals surface area contributed by atoms with E-state index in [0.717, 1.165) is 18.8 Å². The number of benzene rings is 1. The number of nitrogens with zero attached hydrogens (tertiary/aromatic N) is 2. The maximum Gasteiger partial charge on any atom is 0.356 e. The maximum atomic E-state index is 12.1. The van der Waals surface area contributed by atoms with Crippen LogP contribution in [0.1, 0.15) is 27.4 Å². The summed E-state index contributed by atoms with van der Waals surface area (Å²) in [4.78, 5) is 30.2. The summed E-state index contributed by atoms with van der Waals surface area (Å²) in [5.41, 5.74) is 0.331. The van der Waals surface area contributed by atoms with E-state index in [-0.39, 0.29) is 11.4 Å². The van der Waals surface area contributed by atoms with Gasteiger partial charge in [0.2, 0.25) is 0 Å². The molecule has 8 heteroatoms. The quantitative estimate of drug-likeness (QED) is 0.710. The van der Waals surface area contributed by atoms with Crippen LogP contribution in [0, 0.1) is 0 Å². The number of aromatic carboxylic acids is 1. The highest BCUT2D eigenvalue weighted by atomic mass is 16.5. The highest BCUT2D eigenvalue weighted by molar-refractivity contribution is 6.02. The van der Waals surface area contributed by atoms with E-state index in [0.29, 0.717) is 24.7 Å². The normalized spacial score (nSPS) is 10.2. The molecule has 0 bridgehead atoms. The Hall–Kier alpha value is -3.00. The van der Waals surface area contributed by atoms with Crippen molar-refractivity contribution < 1.29 is 24.2 Å². The zero-order chi connectivity index (χ0) is 17.4. The summed E-state index contributed by atoms with van der Waals surface area (Å²) < 4.78 is 10.5. The van der Waals surface area contributed by atoms with Gasteiger partial charge in [-0.25, -0.2) is 14.8 Å². The van der Waals surface area contributed by atoms with Crippen LogP contribution >= 0.6 is 0 Å². The van der Waals surface area contributed by atoms with Crippen LogP contribution in [-0.2, 0) is 4.74 Å². The van der Waals surface area contributed by atoms with Crippen LogP contribution < -0.4 is 10.1 Å². The first-order valence-corrected chi connectivity index (χ1v) is 7.18. The van der Waals surface area contributed by atoms with Gasteiger partial charge in [0.15, 0.2) is 5.69 Å². The molecule has 2 aromatic rings. The molecule has 0 atom stereocenters. The number of carbonyl (C=O) groups excluding carboxylic acids is 1. The SMILES string of the molecule is COCCCOc1cccc(NC(=O)c2cnc(C(=O)O)cn2)c1. The van der Waals surface area contributed by atoms with Crippen molar-refractivity contribution in [3.8, 4) is 5.75 Å². The second-order valence-corrected chi connectivity index (χ2v) is 4.77. The summed E-state index contributed by atoms with van der Waals surface area (Å²) in [6, 6.07) is 6.92. The predicted molar refractivity (Wildman–Crippen MR) is 85.4 cm³/mol. The number of methoxy groups -OCH3 is 1. The van der Waals surface area contributed by atoms with Crippen molar-refractivity contribution in [2.24, 2.45) is 0 Å². The fourth-order valence-corrected chi connectivity index (χ4v) is 1.81. The summed E-state index contributed by atoms with van der Waals surface area (Å²) in [5, 5.41) is 11.4. The minimum Gasteiger partial charge on any atom is -0.493 e. The Labute approximate surface area is 138 Å². The van der Waals surface area contributed by atoms with Gasteiger partial charge in [-0.05, 0) is 12.1 Å². The average Bonchev–Trinajstić information content (AvgIpc) is 2.59. The molecule has 0 aliphatic carbocycles. The number of rotatable bonds is 8. The number of carboxylic acids is 1. The van der Waals surface area contributed by atoms with Gasteiger partial charge in [-0.1, -0.05) is 6.07 Å². The summed E-state index contributed by atoms with van der Waals surface area (Å²) in [6.45, 7) is 1.12. The third kappa shape index (κ3) is 5.03. The molecule has 0 radical (unpaired) electrons. The van der Waals surface area contributed by atoms with Crippen molar-refractivity contribution in [1.82, 2.24) is 9.97 Å². The first-order chi connectivity index (χ1) is 11.6. The Morgan fingerprint density at radius 1 is 1.17 bits per heavy atom. The first kappa shape index (κ1) is 17.4. The smallest absolute Gasteiger partial charge is 0.356 e. The molecular weight excluding hydrogens is 314 g/mol. The molecule has 1 aromatic heterocycles. The molecule has 1 aromatic carbocycles. The predicted octanol–water partition coefficient (Wildman–Crippen LogP) is 1.84. The molecule has 8 nitrogen and oxygen atoms in total. The lowest BCUT2D eigenvalue weighted by atomic mass is 10.3. The average molecular weight is 331 g/mol. The van der Waals surface area contributed by atoms with Gasteiger partial charge >= 0.3 is 5.97 Å². The number of amides is 1. The molecule has 0 saturated carbocycles. The fourth-order valence-electron chi connectivity index (χ4n) is 1.81. The molecule has 0 saturated heterocycles. The number of aromatic nitrogens is 2. The molecule has 1 amide bonds. The van der Waals surface area contributed by atoms with Gasteiger partial charge in [0, 0.05) is 31.9 Å². The van der Waals surface area contributed by atoms with Gasteiger partial charge < -0.3 is 19.9 Å². The molecule has 0 spiro atoms. The second-order valence-electron chi connectivity index (χ2n) is 4.77. The number of nitrogens with one attached hydrogen (secondary N) is 1. The van der Waals surface area contributed by atoms with Crippen molar-refractivity contribution >= 4 is 17.6 Å². The molecule has 1 heterocycles. The molecule has 0 aliphatic heterocycles. The highest BCUT2D eigenvalue weighted by Crippen LogP contribution is 2.18. The van der Waals surface area contributed by atoms with Crippen LogP contribution in [0.25, 0.3) is 0 Å². The van der Waals surface area contributed by atoms with E-state index in [1.807, 2.05) is 0 Å². The highest BCUT2D eigenvalue weighted by Gasteiger charge is 2.11. The third-order valence-electron chi connectivity index (χ3n) is 2.96. The maximum absolute atomic E-state index is 12.1. The van der Waals surface area contributed by atoms with E-state index in [4.69, 9.17) is 14.6 Å². The van der Waals surface area contributed by atoms with Gasteiger partial charge in [0.25, 0.3) is 5.91 Å². The van der Waals surface area contributed by atoms with Crippen LogP contribution in [0.3, 0.4) is 0 Å². The molecule has 24 heavy (non-hydrogen) atoms. The lowest BCUT2D eigenvalue weighted by molar-refractivity contribution is 0.0689. The largest absolute Gasteiger partial charge is 0.493 e. The van der Waals surface area contributed by atoms with Crippen molar-refractivity contribution in [3.63, 3.8) is 0 Å². The van der Waals surface area contributed by atoms with Crippen molar-refractivity contribution in [2.45, 2.75) is 6.42 Å². The van der Waals surface area contributed by atoms with Crippen LogP contribution in [0.5, 0.6) is 5.75 Å². The van der Waals surface area contributed by atoms with E-state index in [2.05, 4.69) is 15.3 Å². The summed E-state index contributed by atoms with van der Waals surface area (Å²) >= 11 is 0. The van der Waals surface area contributed by atoms with Gasteiger partial charge in [-0.2, -0.15) is 0 Å². The van der Waals surface area contributed by atoms with Gasteiger partial charge in [0.1, 0.15) is 11.4 Å². The molecule has 0 aliphatic rings. The van der Waals surface area contributed by atoms with E-state index >= 15 is 0 Å². The molecular formula is C16H17N3O5. The summed E-state index contributed by atoms with van der Waals surface area (Å²) in [7, 11) is 1.63. The minimum absolute atomic E-state index is 0.0198. The Kier molecular flexibility index (Phi) is 6.21. The van der Waals surface area contributed by atoms with E-state index in [1.165, 1.54) is 0 Å². The molecule has 0 unspecified atom stereocenters. The third-order valence-corrected chi connectivity index (χ3v) is 2.96. The zero-order valence-corrected chi connectivity index (χ0v) is 13.1. The summed E-state index contributed by atoms with van der Waals surface area (Å²) in [6.07, 6.45) is 2.91. The van der Waals surface area contributed by atoms with Gasteiger partial charge in [-0.3, -0.25) is 4.79 Å². The molecule has 2 rings (SSSR count). The minimum atomic E-state index is -1.20. The van der Waals surface area contributed by atoms with Crippen LogP contribution in [0.2, 0.25) is 0 Å². The Morgan fingerprint density at radius 2 is 1.92 bits per heavy atom. The monoisotopic (exact) mass is 331 g/mol. The summed E-state index contributed by atoms with van der Waals surface area (Å²) in [5.74, 6) is -1.07. The van der Waals surface area contributed by atoms with E-state index < -0.39 is 11.9 Å². The fraction of sp³-hybridized carbons (Fsp3) is 0.250.